The molecule has 0 aromatic carbocycles. The van der Waals surface area contributed by atoms with E-state index < -0.39 is 0 Å². The number of nitrogens with zero attached hydrogens (tertiary/aromatic N) is 1. The van der Waals surface area contributed by atoms with Gasteiger partial charge in [0.25, 0.3) is 0 Å². The van der Waals surface area contributed by atoms with Crippen LogP contribution in [0.5, 0.6) is 0 Å². The summed E-state index contributed by atoms with van der Waals surface area (Å²) in [6.07, 6.45) is 0. The average Bonchev–Trinajstić information content (AvgIpc) is 1.84. The van der Waals surface area contributed by atoms with Gasteiger partial charge in [-0.25, -0.2) is 0 Å². The van der Waals surface area contributed by atoms with Gasteiger partial charge in [0.1, 0.15) is 0 Å². The predicted molar refractivity (Wildman–Crippen MR) is 52.2 cm³/mol. The third-order valence-electron chi connectivity index (χ3n) is 0.149. The van der Waals surface area contributed by atoms with E-state index in [1.807, 2.05) is 0 Å². The van der Waals surface area contributed by atoms with Crippen LogP contribution >= 0.6 is 0 Å². The topological polar surface area (TPSA) is 242 Å². The third kappa shape index (κ3) is 3660. The fourth-order valence-electron chi connectivity index (χ4n) is 0. The van der Waals surface area contributed by atoms with Crippen molar-refractivity contribution < 1.29 is 0 Å². The van der Waals surface area contributed by atoms with Gasteiger partial charge in [-0.3, -0.25) is 10.8 Å². The van der Waals surface area contributed by atoms with Crippen molar-refractivity contribution in [2.75, 3.05) is 0 Å². The van der Waals surface area contributed by atoms with E-state index in [1.165, 1.54) is 0 Å². The number of hydrogen-bond acceptors (Lipinski definition) is 4. The summed E-state index contributed by atoms with van der Waals surface area (Å²) >= 11 is 0. The Bertz CT molecular complexity index is 145. The first kappa shape index (κ1) is 16.9. The molecule has 0 radical (unpaired) electrons. The molecule has 13 heavy (non-hydrogen) atoms. The Morgan fingerprint density at radius 3 is 0.846 bits per heavy atom. The van der Waals surface area contributed by atoms with E-state index in [-0.39, 0.29) is 17.9 Å². The Labute approximate surface area is 75.1 Å². The molecule has 0 fully saturated rings. The molecule has 0 unspecified atom stereocenters. The van der Waals surface area contributed by atoms with Crippen LogP contribution in [0.4, 0.5) is 0 Å². The molecule has 0 aliphatic carbocycles. The van der Waals surface area contributed by atoms with Gasteiger partial charge in [-0.2, -0.15) is 0 Å². The molecule has 0 amide bonds. The zero-order chi connectivity index (χ0) is 11.4. The smallest absolute Gasteiger partial charge is 0.208 e. The average molecular weight is 192 g/mol. The molecular weight excluding hydrogens is 176 g/mol. The second-order valence-electron chi connectivity index (χ2n) is 1.46. The van der Waals surface area contributed by atoms with Crippen LogP contribution in [0.3, 0.4) is 0 Å². The Morgan fingerprint density at radius 1 is 0.769 bits per heavy atom. The van der Waals surface area contributed by atoms with Crippen molar-refractivity contribution in [1.29, 1.82) is 10.8 Å². The molecule has 0 saturated heterocycles. The molecule has 16 N–H and O–H groups in total. The van der Waals surface area contributed by atoms with Crippen LogP contribution in [-0.4, -0.2) is 17.9 Å². The number of hydrazone groups is 1. The Hall–Kier alpha value is -2.39. The SMILES string of the molecule is N=C(N)N.N=C(N)N.NN=C(N)N. The minimum Gasteiger partial charge on any atom is -0.370 e. The van der Waals surface area contributed by atoms with Crippen LogP contribution in [0.25, 0.3) is 0 Å². The normalized spacial score (nSPS) is 6.15. The maximum Gasteiger partial charge on any atom is 0.208 e. The standard InChI is InChI=1S/CH6N4.2CH5N3/c2-1(3)5-4;2*2-1(3)4/h4H2,(H4,2,3,5);2*(H5,2,3,4). The predicted octanol–water partition coefficient (Wildman–Crippen LogP) is -4.19. The van der Waals surface area contributed by atoms with E-state index in [0.29, 0.717) is 0 Å². The lowest BCUT2D eigenvalue weighted by Gasteiger charge is -1.76. The highest BCUT2D eigenvalue weighted by atomic mass is 15.2. The van der Waals surface area contributed by atoms with E-state index in [4.69, 9.17) is 22.3 Å². The Balaban J connectivity index is -0.000000117. The zero-order valence-corrected chi connectivity index (χ0v) is 6.99. The summed E-state index contributed by atoms with van der Waals surface area (Å²) in [5, 5.41) is 15.0. The monoisotopic (exact) mass is 192 g/mol. The molecule has 0 aliphatic heterocycles. The number of hydrogen-bond donors (Lipinski definition) is 9. The van der Waals surface area contributed by atoms with Crippen LogP contribution in [0, 0.1) is 10.8 Å². The van der Waals surface area contributed by atoms with Crippen LogP contribution in [0.1, 0.15) is 0 Å². The molecule has 0 aliphatic rings. The van der Waals surface area contributed by atoms with Gasteiger partial charge in [0.05, 0.1) is 0 Å². The van der Waals surface area contributed by atoms with Gasteiger partial charge in [-0.15, -0.1) is 5.10 Å². The Morgan fingerprint density at radius 2 is 0.846 bits per heavy atom. The summed E-state index contributed by atoms with van der Waals surface area (Å²) in [7, 11) is 0. The van der Waals surface area contributed by atoms with Crippen molar-refractivity contribution in [3.05, 3.63) is 0 Å². The highest BCUT2D eigenvalue weighted by Crippen LogP contribution is 1.31. The number of nitrogens with two attached hydrogens (primary N) is 7. The summed E-state index contributed by atoms with van der Waals surface area (Å²) in [4.78, 5) is 0. The number of rotatable bonds is 0. The van der Waals surface area contributed by atoms with Gasteiger partial charge in [-0.05, 0) is 0 Å². The maximum atomic E-state index is 6.06. The van der Waals surface area contributed by atoms with Crippen LogP contribution < -0.4 is 40.2 Å². The summed E-state index contributed by atoms with van der Waals surface area (Å²) in [5.74, 6) is 3.75. The second kappa shape index (κ2) is 12.3. The van der Waals surface area contributed by atoms with Crippen LogP contribution in [0.15, 0.2) is 5.10 Å². The summed E-state index contributed by atoms with van der Waals surface area (Å²) < 4.78 is 0. The molecule has 0 rings (SSSR count). The lowest BCUT2D eigenvalue weighted by atomic mass is 11.1. The molecule has 10 nitrogen and oxygen atoms in total. The van der Waals surface area contributed by atoms with Gasteiger partial charge >= 0.3 is 0 Å². The van der Waals surface area contributed by atoms with Crippen molar-refractivity contribution in [2.45, 2.75) is 0 Å². The highest BCUT2D eigenvalue weighted by Gasteiger charge is 1.62. The van der Waals surface area contributed by atoms with Crippen molar-refractivity contribution in [3.8, 4) is 0 Å². The fourth-order valence-corrected chi connectivity index (χ4v) is 0. The molecule has 0 aromatic rings. The first-order valence-corrected chi connectivity index (χ1v) is 2.71. The molecule has 0 bridgehead atoms. The van der Waals surface area contributed by atoms with Crippen molar-refractivity contribution in [3.63, 3.8) is 0 Å². The molecule has 0 atom stereocenters. The largest absolute Gasteiger partial charge is 0.370 e. The van der Waals surface area contributed by atoms with E-state index in [9.17, 15) is 0 Å². The summed E-state index contributed by atoms with van der Waals surface area (Å²) in [6.45, 7) is 0. The molecule has 78 valence electrons. The first-order valence-electron chi connectivity index (χ1n) is 2.71. The van der Waals surface area contributed by atoms with Crippen LogP contribution in [0.2, 0.25) is 0 Å². The fraction of sp³-hybridized carbons (Fsp3) is 0. The lowest BCUT2D eigenvalue weighted by Crippen LogP contribution is -2.23. The Kier molecular flexibility index (Phi) is 16.0. The minimum atomic E-state index is -0.333. The van der Waals surface area contributed by atoms with Gasteiger partial charge in [0.2, 0.25) is 5.96 Å². The van der Waals surface area contributed by atoms with E-state index >= 15 is 0 Å². The third-order valence-corrected chi connectivity index (χ3v) is 0.149. The van der Waals surface area contributed by atoms with E-state index in [0.717, 1.165) is 0 Å². The maximum absolute atomic E-state index is 6.06. The minimum absolute atomic E-state index is 0.0926. The molecular formula is C3H16N10. The molecule has 0 aromatic heterocycles. The number of guanidine groups is 3. The lowest BCUT2D eigenvalue weighted by molar-refractivity contribution is 1.21. The molecule has 10 heteroatoms. The van der Waals surface area contributed by atoms with Crippen molar-refractivity contribution >= 4 is 17.9 Å². The molecule has 0 saturated carbocycles. The first-order chi connectivity index (χ1) is 5.73. The van der Waals surface area contributed by atoms with Gasteiger partial charge in [0, 0.05) is 0 Å². The summed E-state index contributed by atoms with van der Waals surface area (Å²) in [6, 6.07) is 0. The quantitative estimate of drug-likeness (QED) is 0.0791. The van der Waals surface area contributed by atoms with Crippen molar-refractivity contribution in [1.82, 2.24) is 0 Å². The van der Waals surface area contributed by atoms with Gasteiger partial charge < -0.3 is 40.2 Å². The number of nitrogens with one attached hydrogen (secondary N) is 2. The second-order valence-corrected chi connectivity index (χ2v) is 1.46. The van der Waals surface area contributed by atoms with Crippen LogP contribution in [-0.2, 0) is 0 Å². The van der Waals surface area contributed by atoms with Crippen molar-refractivity contribution in [2.24, 2.45) is 45.3 Å². The van der Waals surface area contributed by atoms with E-state index in [1.54, 1.807) is 0 Å². The summed E-state index contributed by atoms with van der Waals surface area (Å²) in [5.41, 5.74) is 27.3. The van der Waals surface area contributed by atoms with Gasteiger partial charge in [-0.1, -0.05) is 0 Å². The molecule has 0 heterocycles. The van der Waals surface area contributed by atoms with E-state index in [2.05, 4.69) is 33.9 Å². The highest BCUT2D eigenvalue weighted by molar-refractivity contribution is 5.75. The van der Waals surface area contributed by atoms with Gasteiger partial charge in [0.15, 0.2) is 11.9 Å². The zero-order valence-electron chi connectivity index (χ0n) is 6.99. The molecule has 0 spiro atoms.